The third-order valence-electron chi connectivity index (χ3n) is 9.88. The summed E-state index contributed by atoms with van der Waals surface area (Å²) in [7, 11) is 0. The highest BCUT2D eigenvalue weighted by Gasteiger charge is 2.20. The van der Waals surface area contributed by atoms with Crippen LogP contribution in [0.4, 0.5) is 0 Å². The molecular formula is C44H66O2. The van der Waals surface area contributed by atoms with Crippen LogP contribution in [0, 0.1) is 0 Å². The number of unbranched alkanes of at least 4 members (excludes halogenated alkanes) is 6. The molecule has 0 fully saturated rings. The zero-order valence-electron chi connectivity index (χ0n) is 30.5. The molecule has 0 saturated heterocycles. The molecule has 254 valence electrons. The molecule has 0 unspecified atom stereocenters. The van der Waals surface area contributed by atoms with Crippen molar-refractivity contribution in [1.82, 2.24) is 0 Å². The lowest BCUT2D eigenvalue weighted by Gasteiger charge is -2.21. The number of phenolic OH excluding ortho intramolecular Hbond substituents is 2. The SMILES string of the molecule is CCCCc1cc(Cc2cccc(Cc3cc(CCCC)c(O)c(CCCC)c3CCCC)c2)c(CCCC)c(CCCC)c1O. The van der Waals surface area contributed by atoms with E-state index >= 15 is 0 Å². The normalized spacial score (nSPS) is 11.4. The number of hydrogen-bond acceptors (Lipinski definition) is 2. The maximum Gasteiger partial charge on any atom is 0.122 e. The Balaban J connectivity index is 2.06. The summed E-state index contributed by atoms with van der Waals surface area (Å²) < 4.78 is 0. The summed E-state index contributed by atoms with van der Waals surface area (Å²) in [6.45, 7) is 13.5. The van der Waals surface area contributed by atoms with Crippen LogP contribution in [0.1, 0.15) is 174 Å². The molecule has 2 nitrogen and oxygen atoms in total. The highest BCUT2D eigenvalue weighted by atomic mass is 16.3. The van der Waals surface area contributed by atoms with E-state index < -0.39 is 0 Å². The number of rotatable bonds is 22. The van der Waals surface area contributed by atoms with Crippen LogP contribution >= 0.6 is 0 Å². The van der Waals surface area contributed by atoms with E-state index in [0.717, 1.165) is 140 Å². The molecule has 3 aromatic carbocycles. The van der Waals surface area contributed by atoms with E-state index in [1.165, 1.54) is 44.5 Å². The van der Waals surface area contributed by atoms with Crippen LogP contribution in [-0.4, -0.2) is 10.2 Å². The van der Waals surface area contributed by atoms with Gasteiger partial charge in [0.2, 0.25) is 0 Å². The van der Waals surface area contributed by atoms with E-state index in [-0.39, 0.29) is 0 Å². The lowest BCUT2D eigenvalue weighted by Crippen LogP contribution is -2.07. The second-order valence-electron chi connectivity index (χ2n) is 13.8. The van der Waals surface area contributed by atoms with Gasteiger partial charge < -0.3 is 10.2 Å². The molecule has 46 heavy (non-hydrogen) atoms. The number of phenols is 2. The maximum atomic E-state index is 11.5. The summed E-state index contributed by atoms with van der Waals surface area (Å²) in [5.41, 5.74) is 13.1. The van der Waals surface area contributed by atoms with Crippen molar-refractivity contribution in [3.63, 3.8) is 0 Å². The lowest BCUT2D eigenvalue weighted by atomic mass is 9.85. The van der Waals surface area contributed by atoms with Crippen LogP contribution < -0.4 is 0 Å². The molecule has 0 aliphatic carbocycles. The molecule has 0 aliphatic heterocycles. The topological polar surface area (TPSA) is 40.5 Å². The zero-order valence-corrected chi connectivity index (χ0v) is 30.5. The van der Waals surface area contributed by atoms with E-state index in [4.69, 9.17) is 0 Å². The van der Waals surface area contributed by atoms with Gasteiger partial charge in [0, 0.05) is 0 Å². The average molecular weight is 627 g/mol. The largest absolute Gasteiger partial charge is 0.507 e. The number of aryl methyl sites for hydroxylation is 2. The quantitative estimate of drug-likeness (QED) is 0.116. The molecule has 3 aromatic rings. The average Bonchev–Trinajstić information content (AvgIpc) is 3.06. The Kier molecular flexibility index (Phi) is 16.8. The molecule has 2 heteroatoms. The zero-order chi connectivity index (χ0) is 33.3. The Morgan fingerprint density at radius 1 is 0.391 bits per heavy atom. The van der Waals surface area contributed by atoms with Crippen LogP contribution in [-0.2, 0) is 51.4 Å². The predicted molar refractivity (Wildman–Crippen MR) is 200 cm³/mol. The van der Waals surface area contributed by atoms with E-state index in [2.05, 4.69) is 77.9 Å². The second kappa shape index (κ2) is 20.5. The number of benzene rings is 3. The van der Waals surface area contributed by atoms with Crippen molar-refractivity contribution in [3.8, 4) is 11.5 Å². The highest BCUT2D eigenvalue weighted by Crippen LogP contribution is 2.36. The Morgan fingerprint density at radius 3 is 1.07 bits per heavy atom. The minimum atomic E-state index is 0.579. The van der Waals surface area contributed by atoms with Crippen LogP contribution in [0.15, 0.2) is 36.4 Å². The molecule has 0 spiro atoms. The summed E-state index contributed by atoms with van der Waals surface area (Å²) in [5, 5.41) is 22.9. The monoisotopic (exact) mass is 627 g/mol. The van der Waals surface area contributed by atoms with Gasteiger partial charge in [0.15, 0.2) is 0 Å². The Labute approximate surface area is 283 Å². The minimum absolute atomic E-state index is 0.579. The van der Waals surface area contributed by atoms with Gasteiger partial charge in [0.25, 0.3) is 0 Å². The fourth-order valence-electron chi connectivity index (χ4n) is 7.09. The highest BCUT2D eigenvalue weighted by molar-refractivity contribution is 5.53. The Bertz CT molecular complexity index is 1240. The van der Waals surface area contributed by atoms with Crippen molar-refractivity contribution >= 4 is 0 Å². The number of aromatic hydroxyl groups is 2. The van der Waals surface area contributed by atoms with Gasteiger partial charge in [-0.3, -0.25) is 0 Å². The first-order valence-corrected chi connectivity index (χ1v) is 19.2. The molecule has 0 heterocycles. The first kappa shape index (κ1) is 37.7. The molecule has 0 radical (unpaired) electrons. The fraction of sp³-hybridized carbons (Fsp3) is 0.591. The van der Waals surface area contributed by atoms with Crippen LogP contribution in [0.25, 0.3) is 0 Å². The van der Waals surface area contributed by atoms with Crippen LogP contribution in [0.2, 0.25) is 0 Å². The van der Waals surface area contributed by atoms with Crippen molar-refractivity contribution in [1.29, 1.82) is 0 Å². The van der Waals surface area contributed by atoms with E-state index in [0.29, 0.717) is 11.5 Å². The van der Waals surface area contributed by atoms with E-state index in [1.54, 1.807) is 0 Å². The van der Waals surface area contributed by atoms with Crippen molar-refractivity contribution in [2.24, 2.45) is 0 Å². The van der Waals surface area contributed by atoms with Gasteiger partial charge in [-0.2, -0.15) is 0 Å². The Morgan fingerprint density at radius 2 is 0.717 bits per heavy atom. The summed E-state index contributed by atoms with van der Waals surface area (Å²) in [6, 6.07) is 14.0. The molecule has 0 saturated carbocycles. The van der Waals surface area contributed by atoms with Gasteiger partial charge in [-0.1, -0.05) is 116 Å². The summed E-state index contributed by atoms with van der Waals surface area (Å²) in [6.07, 6.45) is 21.4. The first-order valence-electron chi connectivity index (χ1n) is 19.2. The first-order chi connectivity index (χ1) is 22.4. The van der Waals surface area contributed by atoms with Gasteiger partial charge in [0.1, 0.15) is 11.5 Å². The van der Waals surface area contributed by atoms with Gasteiger partial charge in [0.05, 0.1) is 0 Å². The van der Waals surface area contributed by atoms with Gasteiger partial charge >= 0.3 is 0 Å². The van der Waals surface area contributed by atoms with Gasteiger partial charge in [-0.25, -0.2) is 0 Å². The van der Waals surface area contributed by atoms with Crippen LogP contribution in [0.5, 0.6) is 11.5 Å². The Hall–Kier alpha value is -2.74. The molecule has 3 rings (SSSR count). The van der Waals surface area contributed by atoms with Crippen LogP contribution in [0.3, 0.4) is 0 Å². The third kappa shape index (κ3) is 10.6. The van der Waals surface area contributed by atoms with Crippen molar-refractivity contribution in [2.45, 2.75) is 170 Å². The molecular weight excluding hydrogens is 560 g/mol. The van der Waals surface area contributed by atoms with Gasteiger partial charge in [-0.05, 0) is 146 Å². The predicted octanol–water partition coefficient (Wildman–Crippen LogP) is 12.3. The standard InChI is InChI=1S/C44H66O2/c1-7-13-22-35-31-37(39(24-15-9-3)41(43(35)45)26-17-11-5)29-33-20-19-21-34(28-33)30-38-32-36(23-14-8-2)44(46)42(27-18-12-6)40(38)25-16-10-4/h19-21,28,31-32,45-46H,7-18,22-27,29-30H2,1-6H3. The van der Waals surface area contributed by atoms with E-state index in [9.17, 15) is 10.2 Å². The fourth-order valence-corrected chi connectivity index (χ4v) is 7.09. The smallest absolute Gasteiger partial charge is 0.122 e. The van der Waals surface area contributed by atoms with Crippen molar-refractivity contribution in [2.75, 3.05) is 0 Å². The molecule has 0 aliphatic rings. The van der Waals surface area contributed by atoms with Crippen molar-refractivity contribution < 1.29 is 10.2 Å². The lowest BCUT2D eigenvalue weighted by molar-refractivity contribution is 0.456. The molecule has 0 amide bonds. The van der Waals surface area contributed by atoms with Gasteiger partial charge in [-0.15, -0.1) is 0 Å². The molecule has 0 bridgehead atoms. The molecule has 0 atom stereocenters. The summed E-state index contributed by atoms with van der Waals surface area (Å²) in [4.78, 5) is 0. The number of hydrogen-bond donors (Lipinski definition) is 2. The summed E-state index contributed by atoms with van der Waals surface area (Å²) in [5.74, 6) is 1.16. The van der Waals surface area contributed by atoms with Crippen molar-refractivity contribution in [3.05, 3.63) is 92.0 Å². The summed E-state index contributed by atoms with van der Waals surface area (Å²) >= 11 is 0. The second-order valence-corrected chi connectivity index (χ2v) is 13.8. The minimum Gasteiger partial charge on any atom is -0.507 e. The van der Waals surface area contributed by atoms with E-state index in [1.807, 2.05) is 0 Å². The third-order valence-corrected chi connectivity index (χ3v) is 9.88. The maximum absolute atomic E-state index is 11.5. The molecule has 0 aromatic heterocycles. The molecule has 2 N–H and O–H groups in total.